The Bertz CT molecular complexity index is 381. The summed E-state index contributed by atoms with van der Waals surface area (Å²) in [4.78, 5) is 3.77. The minimum Gasteiger partial charge on any atom is -0.248 e. The van der Waals surface area contributed by atoms with Gasteiger partial charge in [0.25, 0.3) is 0 Å². The van der Waals surface area contributed by atoms with Crippen LogP contribution in [0.2, 0.25) is 0 Å². The van der Waals surface area contributed by atoms with E-state index in [4.69, 9.17) is 0 Å². The molecular weight excluding hydrogens is 227 g/mol. The van der Waals surface area contributed by atoms with Gasteiger partial charge in [0, 0.05) is 5.69 Å². The smallest absolute Gasteiger partial charge is 0.248 e. The number of halogens is 3. The first kappa shape index (κ1) is 14.0. The lowest BCUT2D eigenvalue weighted by atomic mass is 9.96. The van der Waals surface area contributed by atoms with Crippen LogP contribution in [0, 0.1) is 5.92 Å². The third-order valence-corrected chi connectivity index (χ3v) is 2.48. The summed E-state index contributed by atoms with van der Waals surface area (Å²) in [5, 5.41) is 0. The van der Waals surface area contributed by atoms with Gasteiger partial charge in [-0.3, -0.25) is 0 Å². The molecule has 0 fully saturated rings. The van der Waals surface area contributed by atoms with Gasteiger partial charge in [-0.05, 0) is 29.9 Å². The molecule has 0 atom stereocenters. The molecule has 0 aliphatic heterocycles. The molecule has 0 amide bonds. The van der Waals surface area contributed by atoms with Crippen molar-refractivity contribution < 1.29 is 13.2 Å². The molecule has 0 unspecified atom stereocenters. The predicted molar refractivity (Wildman–Crippen MR) is 61.9 cm³/mol. The van der Waals surface area contributed by atoms with E-state index in [1.165, 1.54) is 0 Å². The molecule has 1 aromatic heterocycles. The number of nitrogens with zero attached hydrogens (tertiary/aromatic N) is 1. The van der Waals surface area contributed by atoms with Gasteiger partial charge in [0.1, 0.15) is 5.69 Å². The molecule has 1 aromatic rings. The minimum atomic E-state index is -4.36. The highest BCUT2D eigenvalue weighted by atomic mass is 19.4. The molecule has 4 heteroatoms. The largest absolute Gasteiger partial charge is 0.433 e. The second kappa shape index (κ2) is 5.07. The number of rotatable bonds is 3. The molecule has 1 nitrogen and oxygen atoms in total. The van der Waals surface area contributed by atoms with E-state index in [-0.39, 0.29) is 5.92 Å². The molecule has 0 bridgehead atoms. The highest BCUT2D eigenvalue weighted by Crippen LogP contribution is 2.30. The topological polar surface area (TPSA) is 12.9 Å². The number of pyridine rings is 1. The van der Waals surface area contributed by atoms with Gasteiger partial charge >= 0.3 is 6.18 Å². The van der Waals surface area contributed by atoms with Crippen LogP contribution in [0.3, 0.4) is 0 Å². The van der Waals surface area contributed by atoms with E-state index in [1.807, 2.05) is 27.7 Å². The van der Waals surface area contributed by atoms with Crippen LogP contribution in [0.1, 0.15) is 50.6 Å². The summed E-state index contributed by atoms with van der Waals surface area (Å²) in [6.07, 6.45) is -3.60. The lowest BCUT2D eigenvalue weighted by Gasteiger charge is -2.16. The lowest BCUT2D eigenvalue weighted by Crippen LogP contribution is -2.12. The fraction of sp³-hybridized carbons (Fsp3) is 0.615. The Balaban J connectivity index is 3.18. The van der Waals surface area contributed by atoms with Crippen molar-refractivity contribution in [2.75, 3.05) is 0 Å². The molecule has 0 radical (unpaired) electrons. The Kier molecular flexibility index (Phi) is 4.17. The standard InChI is InChI=1S/C13H18F3N/c1-8(2)7-10-5-6-11(13(14,15)16)17-12(10)9(3)4/h5-6,8-9H,7H2,1-4H3. The number of aromatic nitrogens is 1. The third kappa shape index (κ3) is 3.72. The maximum Gasteiger partial charge on any atom is 0.433 e. The first-order valence-electron chi connectivity index (χ1n) is 5.78. The molecule has 0 aliphatic carbocycles. The zero-order valence-corrected chi connectivity index (χ0v) is 10.6. The third-order valence-electron chi connectivity index (χ3n) is 2.48. The van der Waals surface area contributed by atoms with Crippen molar-refractivity contribution in [2.45, 2.75) is 46.2 Å². The highest BCUT2D eigenvalue weighted by molar-refractivity contribution is 5.27. The molecule has 0 N–H and O–H groups in total. The average molecular weight is 245 g/mol. The SMILES string of the molecule is CC(C)Cc1ccc(C(F)(F)F)nc1C(C)C. The Labute approximate surface area is 100 Å². The summed E-state index contributed by atoms with van der Waals surface area (Å²) < 4.78 is 37.7. The molecule has 0 saturated carbocycles. The van der Waals surface area contributed by atoms with Crippen molar-refractivity contribution in [3.63, 3.8) is 0 Å². The summed E-state index contributed by atoms with van der Waals surface area (Å²) >= 11 is 0. The van der Waals surface area contributed by atoms with Crippen LogP contribution < -0.4 is 0 Å². The van der Waals surface area contributed by atoms with Gasteiger partial charge < -0.3 is 0 Å². The van der Waals surface area contributed by atoms with Gasteiger partial charge in [0.05, 0.1) is 0 Å². The maximum atomic E-state index is 12.6. The van der Waals surface area contributed by atoms with Gasteiger partial charge in [0.2, 0.25) is 0 Å². The van der Waals surface area contributed by atoms with E-state index in [2.05, 4.69) is 4.98 Å². The van der Waals surface area contributed by atoms with Crippen LogP contribution in [0.5, 0.6) is 0 Å². The second-order valence-corrected chi connectivity index (χ2v) is 4.99. The van der Waals surface area contributed by atoms with Crippen LogP contribution in [0.25, 0.3) is 0 Å². The predicted octanol–water partition coefficient (Wildman–Crippen LogP) is 4.42. The van der Waals surface area contributed by atoms with E-state index in [0.717, 1.165) is 18.1 Å². The Hall–Kier alpha value is -1.06. The molecule has 0 aliphatic rings. The summed E-state index contributed by atoms with van der Waals surface area (Å²) in [5.74, 6) is 0.414. The summed E-state index contributed by atoms with van der Waals surface area (Å²) in [6.45, 7) is 7.82. The summed E-state index contributed by atoms with van der Waals surface area (Å²) in [6, 6.07) is 2.63. The number of hydrogen-bond donors (Lipinski definition) is 0. The molecule has 0 saturated heterocycles. The first-order chi connectivity index (χ1) is 7.71. The Morgan fingerprint density at radius 2 is 1.71 bits per heavy atom. The molecule has 1 rings (SSSR count). The monoisotopic (exact) mass is 245 g/mol. The van der Waals surface area contributed by atoms with Crippen molar-refractivity contribution in [1.82, 2.24) is 4.98 Å². The summed E-state index contributed by atoms with van der Waals surface area (Å²) in [5.41, 5.74) is 0.685. The molecule has 17 heavy (non-hydrogen) atoms. The van der Waals surface area contributed by atoms with Gasteiger partial charge in [-0.15, -0.1) is 0 Å². The van der Waals surface area contributed by atoms with Crippen LogP contribution in [0.15, 0.2) is 12.1 Å². The van der Waals surface area contributed by atoms with Crippen molar-refractivity contribution >= 4 is 0 Å². The molecule has 1 heterocycles. The molecular formula is C13H18F3N. The van der Waals surface area contributed by atoms with E-state index in [1.54, 1.807) is 6.07 Å². The zero-order chi connectivity index (χ0) is 13.2. The highest BCUT2D eigenvalue weighted by Gasteiger charge is 2.33. The van der Waals surface area contributed by atoms with Gasteiger partial charge in [0.15, 0.2) is 0 Å². The number of alkyl halides is 3. The van der Waals surface area contributed by atoms with Crippen LogP contribution in [-0.4, -0.2) is 4.98 Å². The van der Waals surface area contributed by atoms with E-state index in [9.17, 15) is 13.2 Å². The molecule has 0 aromatic carbocycles. The Morgan fingerprint density at radius 1 is 1.12 bits per heavy atom. The van der Waals surface area contributed by atoms with Crippen LogP contribution >= 0.6 is 0 Å². The second-order valence-electron chi connectivity index (χ2n) is 4.99. The first-order valence-corrected chi connectivity index (χ1v) is 5.78. The van der Waals surface area contributed by atoms with E-state index < -0.39 is 11.9 Å². The van der Waals surface area contributed by atoms with Crippen molar-refractivity contribution in [3.05, 3.63) is 29.1 Å². The van der Waals surface area contributed by atoms with E-state index >= 15 is 0 Å². The van der Waals surface area contributed by atoms with Gasteiger partial charge in [-0.1, -0.05) is 33.8 Å². The van der Waals surface area contributed by atoms with Crippen molar-refractivity contribution in [2.24, 2.45) is 5.92 Å². The fourth-order valence-electron chi connectivity index (χ4n) is 1.77. The van der Waals surface area contributed by atoms with Gasteiger partial charge in [-0.25, -0.2) is 4.98 Å². The maximum absolute atomic E-state index is 12.6. The van der Waals surface area contributed by atoms with Crippen molar-refractivity contribution in [1.29, 1.82) is 0 Å². The van der Waals surface area contributed by atoms with E-state index in [0.29, 0.717) is 11.6 Å². The molecule has 96 valence electrons. The quantitative estimate of drug-likeness (QED) is 0.768. The lowest BCUT2D eigenvalue weighted by molar-refractivity contribution is -0.141. The molecule has 0 spiro atoms. The Morgan fingerprint density at radius 3 is 2.12 bits per heavy atom. The van der Waals surface area contributed by atoms with Crippen LogP contribution in [0.4, 0.5) is 13.2 Å². The zero-order valence-electron chi connectivity index (χ0n) is 10.6. The fourth-order valence-corrected chi connectivity index (χ4v) is 1.77. The summed E-state index contributed by atoms with van der Waals surface area (Å²) in [7, 11) is 0. The normalized spacial score (nSPS) is 12.5. The van der Waals surface area contributed by atoms with Gasteiger partial charge in [-0.2, -0.15) is 13.2 Å². The average Bonchev–Trinajstić information content (AvgIpc) is 2.15. The van der Waals surface area contributed by atoms with Crippen LogP contribution in [-0.2, 0) is 12.6 Å². The number of hydrogen-bond acceptors (Lipinski definition) is 1. The minimum absolute atomic E-state index is 0.00560. The van der Waals surface area contributed by atoms with Crippen molar-refractivity contribution in [3.8, 4) is 0 Å².